The van der Waals surface area contributed by atoms with E-state index < -0.39 is 5.54 Å². The van der Waals surface area contributed by atoms with Crippen molar-refractivity contribution in [3.05, 3.63) is 35.9 Å². The van der Waals surface area contributed by atoms with Crippen LogP contribution in [0.2, 0.25) is 0 Å². The zero-order valence-electron chi connectivity index (χ0n) is 13.3. The molecule has 0 radical (unpaired) electrons. The normalized spacial score (nSPS) is 16.1. The van der Waals surface area contributed by atoms with Crippen LogP contribution in [0.4, 0.5) is 0 Å². The van der Waals surface area contributed by atoms with Gasteiger partial charge >= 0.3 is 0 Å². The summed E-state index contributed by atoms with van der Waals surface area (Å²) < 4.78 is 5.21. The van der Waals surface area contributed by atoms with Crippen molar-refractivity contribution in [1.82, 2.24) is 10.2 Å². The highest BCUT2D eigenvalue weighted by molar-refractivity contribution is 5.90. The number of benzene rings is 1. The fraction of sp³-hybridized carbons (Fsp3) is 0.500. The lowest BCUT2D eigenvalue weighted by molar-refractivity contribution is -0.135. The number of carbonyl (C=O) groups excluding carboxylic acids is 2. The predicted octanol–water partition coefficient (Wildman–Crippen LogP) is 0.691. The molecule has 3 N–H and O–H groups in total. The first kappa shape index (κ1) is 19.4. The van der Waals surface area contributed by atoms with Gasteiger partial charge in [0.25, 0.3) is 0 Å². The molecule has 1 saturated heterocycles. The predicted molar refractivity (Wildman–Crippen MR) is 90.1 cm³/mol. The SMILES string of the molecule is CN(Cc1ccccc1)C(=O)CNC(=O)C1(N)CCOCC1.Cl. The summed E-state index contributed by atoms with van der Waals surface area (Å²) in [5.74, 6) is -0.426. The van der Waals surface area contributed by atoms with Crippen LogP contribution in [-0.2, 0) is 20.9 Å². The maximum Gasteiger partial charge on any atom is 0.242 e. The molecule has 7 heteroatoms. The van der Waals surface area contributed by atoms with Crippen LogP contribution >= 0.6 is 12.4 Å². The van der Waals surface area contributed by atoms with Crippen LogP contribution < -0.4 is 11.1 Å². The quantitative estimate of drug-likeness (QED) is 0.825. The molecule has 0 aromatic heterocycles. The molecular weight excluding hydrogens is 318 g/mol. The number of hydrogen-bond acceptors (Lipinski definition) is 4. The number of nitrogens with one attached hydrogen (secondary N) is 1. The Morgan fingerprint density at radius 2 is 1.87 bits per heavy atom. The highest BCUT2D eigenvalue weighted by Crippen LogP contribution is 2.17. The third-order valence-electron chi connectivity index (χ3n) is 3.93. The number of nitrogens with two attached hydrogens (primary N) is 1. The molecule has 0 atom stereocenters. The number of hydrogen-bond donors (Lipinski definition) is 2. The minimum atomic E-state index is -0.920. The largest absolute Gasteiger partial charge is 0.381 e. The van der Waals surface area contributed by atoms with E-state index >= 15 is 0 Å². The van der Waals surface area contributed by atoms with Gasteiger partial charge in [0.1, 0.15) is 0 Å². The molecular formula is C16H24ClN3O3. The Labute approximate surface area is 142 Å². The van der Waals surface area contributed by atoms with Crippen molar-refractivity contribution in [3.8, 4) is 0 Å². The third-order valence-corrected chi connectivity index (χ3v) is 3.93. The van der Waals surface area contributed by atoms with Crippen LogP contribution in [-0.4, -0.2) is 49.1 Å². The summed E-state index contributed by atoms with van der Waals surface area (Å²) in [7, 11) is 1.72. The van der Waals surface area contributed by atoms with Crippen molar-refractivity contribution in [2.45, 2.75) is 24.9 Å². The average molecular weight is 342 g/mol. The number of carbonyl (C=O) groups is 2. The Morgan fingerprint density at radius 3 is 2.48 bits per heavy atom. The second kappa shape index (κ2) is 8.86. The van der Waals surface area contributed by atoms with Gasteiger partial charge in [-0.05, 0) is 18.4 Å². The van der Waals surface area contributed by atoms with Crippen LogP contribution in [0.3, 0.4) is 0 Å². The molecule has 1 aromatic carbocycles. The highest BCUT2D eigenvalue weighted by atomic mass is 35.5. The Bertz CT molecular complexity index is 519. The summed E-state index contributed by atoms with van der Waals surface area (Å²) in [5.41, 5.74) is 6.20. The van der Waals surface area contributed by atoms with E-state index in [-0.39, 0.29) is 30.8 Å². The number of likely N-dealkylation sites (N-methyl/N-ethyl adjacent to an activating group) is 1. The van der Waals surface area contributed by atoms with Gasteiger partial charge in [-0.25, -0.2) is 0 Å². The summed E-state index contributed by atoms with van der Waals surface area (Å²) in [6.45, 7) is 1.43. The van der Waals surface area contributed by atoms with Crippen molar-refractivity contribution in [2.75, 3.05) is 26.8 Å². The van der Waals surface area contributed by atoms with E-state index in [0.29, 0.717) is 32.6 Å². The van der Waals surface area contributed by atoms with Crippen molar-refractivity contribution in [3.63, 3.8) is 0 Å². The molecule has 1 aromatic rings. The molecule has 6 nitrogen and oxygen atoms in total. The first-order valence-corrected chi connectivity index (χ1v) is 7.44. The summed E-state index contributed by atoms with van der Waals surface area (Å²) in [4.78, 5) is 25.8. The molecule has 1 fully saturated rings. The number of halogens is 1. The molecule has 1 heterocycles. The average Bonchev–Trinajstić information content (AvgIpc) is 2.53. The molecule has 1 aliphatic rings. The van der Waals surface area contributed by atoms with Crippen molar-refractivity contribution in [2.24, 2.45) is 5.73 Å². The van der Waals surface area contributed by atoms with Gasteiger partial charge in [-0.15, -0.1) is 12.4 Å². The first-order chi connectivity index (χ1) is 10.5. The summed E-state index contributed by atoms with van der Waals surface area (Å²) in [6, 6.07) is 9.70. The zero-order valence-corrected chi connectivity index (χ0v) is 14.1. The molecule has 0 bridgehead atoms. The maximum absolute atomic E-state index is 12.1. The topological polar surface area (TPSA) is 84.7 Å². The Kier molecular flexibility index (Phi) is 7.48. The smallest absolute Gasteiger partial charge is 0.242 e. The van der Waals surface area contributed by atoms with Crippen LogP contribution in [0, 0.1) is 0 Å². The van der Waals surface area contributed by atoms with Gasteiger partial charge in [0.15, 0.2) is 0 Å². The minimum absolute atomic E-state index is 0. The Balaban J connectivity index is 0.00000264. The molecule has 0 spiro atoms. The summed E-state index contributed by atoms with van der Waals surface area (Å²) in [6.07, 6.45) is 0.958. The molecule has 2 amide bonds. The number of ether oxygens (including phenoxy) is 1. The lowest BCUT2D eigenvalue weighted by atomic mass is 9.90. The van der Waals surface area contributed by atoms with Gasteiger partial charge < -0.3 is 20.7 Å². The standard InChI is InChI=1S/C16H23N3O3.ClH/c1-19(12-13-5-3-2-4-6-13)14(20)11-18-15(21)16(17)7-9-22-10-8-16;/h2-6H,7-12,17H2,1H3,(H,18,21);1H. The van der Waals surface area contributed by atoms with E-state index in [1.165, 1.54) is 0 Å². The van der Waals surface area contributed by atoms with E-state index in [1.807, 2.05) is 30.3 Å². The summed E-state index contributed by atoms with van der Waals surface area (Å²) in [5, 5.41) is 2.65. The molecule has 1 aliphatic heterocycles. The van der Waals surface area contributed by atoms with Gasteiger partial charge in [0.2, 0.25) is 11.8 Å². The van der Waals surface area contributed by atoms with Gasteiger partial charge in [0.05, 0.1) is 12.1 Å². The fourth-order valence-electron chi connectivity index (χ4n) is 2.38. The third kappa shape index (κ3) is 5.49. The number of amides is 2. The number of nitrogens with zero attached hydrogens (tertiary/aromatic N) is 1. The molecule has 0 unspecified atom stereocenters. The first-order valence-electron chi connectivity index (χ1n) is 7.44. The minimum Gasteiger partial charge on any atom is -0.381 e. The van der Waals surface area contributed by atoms with E-state index in [2.05, 4.69) is 5.32 Å². The maximum atomic E-state index is 12.1. The molecule has 0 saturated carbocycles. The fourth-order valence-corrected chi connectivity index (χ4v) is 2.38. The summed E-state index contributed by atoms with van der Waals surface area (Å²) >= 11 is 0. The van der Waals surface area contributed by atoms with Crippen molar-refractivity contribution in [1.29, 1.82) is 0 Å². The van der Waals surface area contributed by atoms with Gasteiger partial charge in [0, 0.05) is 26.8 Å². The second-order valence-electron chi connectivity index (χ2n) is 5.69. The monoisotopic (exact) mass is 341 g/mol. The lowest BCUT2D eigenvalue weighted by Crippen LogP contribution is -2.58. The number of rotatable bonds is 5. The molecule has 0 aliphatic carbocycles. The van der Waals surface area contributed by atoms with Crippen molar-refractivity contribution >= 4 is 24.2 Å². The Hall–Kier alpha value is -1.63. The molecule has 23 heavy (non-hydrogen) atoms. The van der Waals surface area contributed by atoms with Crippen LogP contribution in [0.5, 0.6) is 0 Å². The second-order valence-corrected chi connectivity index (χ2v) is 5.69. The lowest BCUT2D eigenvalue weighted by Gasteiger charge is -2.31. The van der Waals surface area contributed by atoms with Crippen LogP contribution in [0.15, 0.2) is 30.3 Å². The Morgan fingerprint density at radius 1 is 1.26 bits per heavy atom. The van der Waals surface area contributed by atoms with Gasteiger partial charge in [-0.1, -0.05) is 30.3 Å². The van der Waals surface area contributed by atoms with Gasteiger partial charge in [-0.2, -0.15) is 0 Å². The van der Waals surface area contributed by atoms with E-state index in [0.717, 1.165) is 5.56 Å². The molecule has 2 rings (SSSR count). The van der Waals surface area contributed by atoms with E-state index in [1.54, 1.807) is 11.9 Å². The van der Waals surface area contributed by atoms with Crippen molar-refractivity contribution < 1.29 is 14.3 Å². The van der Waals surface area contributed by atoms with Gasteiger partial charge in [-0.3, -0.25) is 9.59 Å². The van der Waals surface area contributed by atoms with E-state index in [9.17, 15) is 9.59 Å². The zero-order chi connectivity index (χ0) is 16.0. The highest BCUT2D eigenvalue weighted by Gasteiger charge is 2.35. The molecule has 128 valence electrons. The van der Waals surface area contributed by atoms with E-state index in [4.69, 9.17) is 10.5 Å². The van der Waals surface area contributed by atoms with Crippen LogP contribution in [0.25, 0.3) is 0 Å². The van der Waals surface area contributed by atoms with Crippen LogP contribution in [0.1, 0.15) is 18.4 Å².